The summed E-state index contributed by atoms with van der Waals surface area (Å²) in [6, 6.07) is -0.249. The normalized spacial score (nSPS) is 21.8. The zero-order chi connectivity index (χ0) is 14.4. The molecule has 114 valence electrons. The van der Waals surface area contributed by atoms with E-state index < -0.39 is 11.5 Å². The van der Waals surface area contributed by atoms with Gasteiger partial charge in [-0.1, -0.05) is 0 Å². The highest BCUT2D eigenvalue weighted by atomic mass is 16.4. The van der Waals surface area contributed by atoms with Crippen LogP contribution in [-0.2, 0) is 4.79 Å². The maximum absolute atomic E-state index is 11.8. The third kappa shape index (κ3) is 4.35. The highest BCUT2D eigenvalue weighted by Gasteiger charge is 2.40. The number of amides is 2. The van der Waals surface area contributed by atoms with Gasteiger partial charge in [0.1, 0.15) is 0 Å². The van der Waals surface area contributed by atoms with Gasteiger partial charge in [0.25, 0.3) is 0 Å². The Morgan fingerprint density at radius 3 is 2.50 bits per heavy atom. The van der Waals surface area contributed by atoms with Gasteiger partial charge in [0.05, 0.1) is 12.0 Å². The van der Waals surface area contributed by atoms with Gasteiger partial charge in [0.15, 0.2) is 0 Å². The summed E-state index contributed by atoms with van der Waals surface area (Å²) in [7, 11) is 0. The number of hydrogen-bond donors (Lipinski definition) is 4. The molecule has 0 unspecified atom stereocenters. The second-order valence-corrected chi connectivity index (χ2v) is 5.68. The molecule has 1 aliphatic heterocycles. The first-order valence-electron chi connectivity index (χ1n) is 7.31. The fraction of sp³-hybridized carbons (Fsp3) is 0.846. The fourth-order valence-corrected chi connectivity index (χ4v) is 2.79. The van der Waals surface area contributed by atoms with E-state index in [1.807, 2.05) is 0 Å². The molecule has 2 amide bonds. The van der Waals surface area contributed by atoms with Crippen molar-refractivity contribution in [3.8, 4) is 0 Å². The predicted octanol–water partition coefficient (Wildman–Crippen LogP) is -0.412. The minimum atomic E-state index is -0.856. The van der Waals surface area contributed by atoms with Crippen molar-refractivity contribution >= 4 is 12.0 Å². The lowest BCUT2D eigenvalue weighted by Crippen LogP contribution is -2.58. The molecule has 0 aromatic rings. The Bertz CT molecular complexity index is 352. The molecule has 0 bridgehead atoms. The van der Waals surface area contributed by atoms with Crippen LogP contribution in [0.2, 0.25) is 0 Å². The van der Waals surface area contributed by atoms with Crippen LogP contribution in [0.4, 0.5) is 4.79 Å². The van der Waals surface area contributed by atoms with Crippen LogP contribution in [0.5, 0.6) is 0 Å². The standard InChI is InChI=1S/C13H24N4O3/c18-11(19)10-13(2-1-3-13)16-12(20)15-6-9-17-7-4-14-5-8-17/h14H,1-10H2,(H,18,19)(H2,15,16,20). The van der Waals surface area contributed by atoms with Gasteiger partial charge in [0.2, 0.25) is 0 Å². The Balaban J connectivity index is 1.65. The molecule has 2 rings (SSSR count). The van der Waals surface area contributed by atoms with Crippen molar-refractivity contribution in [3.05, 3.63) is 0 Å². The van der Waals surface area contributed by atoms with E-state index in [0.29, 0.717) is 6.54 Å². The van der Waals surface area contributed by atoms with Crippen LogP contribution >= 0.6 is 0 Å². The number of carbonyl (C=O) groups is 2. The number of nitrogens with zero attached hydrogens (tertiary/aromatic N) is 1. The summed E-state index contributed by atoms with van der Waals surface area (Å²) in [5, 5.41) is 17.8. The summed E-state index contributed by atoms with van der Waals surface area (Å²) >= 11 is 0. The quantitative estimate of drug-likeness (QED) is 0.532. The number of nitrogens with one attached hydrogen (secondary N) is 3. The highest BCUT2D eigenvalue weighted by Crippen LogP contribution is 2.34. The number of rotatable bonds is 6. The van der Waals surface area contributed by atoms with Crippen molar-refractivity contribution in [1.29, 1.82) is 0 Å². The molecule has 7 heteroatoms. The van der Waals surface area contributed by atoms with Crippen molar-refractivity contribution in [2.75, 3.05) is 39.3 Å². The molecule has 20 heavy (non-hydrogen) atoms. The van der Waals surface area contributed by atoms with E-state index in [-0.39, 0.29) is 12.5 Å². The van der Waals surface area contributed by atoms with Crippen molar-refractivity contribution in [1.82, 2.24) is 20.9 Å². The van der Waals surface area contributed by atoms with E-state index in [0.717, 1.165) is 52.0 Å². The van der Waals surface area contributed by atoms with Gasteiger partial charge < -0.3 is 21.1 Å². The molecule has 7 nitrogen and oxygen atoms in total. The average Bonchev–Trinajstić information content (AvgIpc) is 2.37. The zero-order valence-electron chi connectivity index (χ0n) is 11.8. The first kappa shape index (κ1) is 15.1. The topological polar surface area (TPSA) is 93.7 Å². The van der Waals surface area contributed by atoms with E-state index in [1.54, 1.807) is 0 Å². The molecule has 0 atom stereocenters. The maximum Gasteiger partial charge on any atom is 0.315 e. The predicted molar refractivity (Wildman–Crippen MR) is 74.7 cm³/mol. The molecule has 1 saturated heterocycles. The number of aliphatic carboxylic acids is 1. The Morgan fingerprint density at radius 2 is 1.95 bits per heavy atom. The number of carboxylic acids is 1. The SMILES string of the molecule is O=C(O)CC1(NC(=O)NCCN2CCNCC2)CCC1. The number of urea groups is 1. The monoisotopic (exact) mass is 284 g/mol. The number of piperazine rings is 1. The minimum absolute atomic E-state index is 0.0121. The fourth-order valence-electron chi connectivity index (χ4n) is 2.79. The molecular weight excluding hydrogens is 260 g/mol. The summed E-state index contributed by atoms with van der Waals surface area (Å²) in [5.74, 6) is -0.856. The van der Waals surface area contributed by atoms with Gasteiger partial charge in [-0.2, -0.15) is 0 Å². The van der Waals surface area contributed by atoms with Crippen LogP contribution in [-0.4, -0.2) is 66.8 Å². The third-order valence-electron chi connectivity index (χ3n) is 4.10. The van der Waals surface area contributed by atoms with E-state index in [2.05, 4.69) is 20.9 Å². The maximum atomic E-state index is 11.8. The Hall–Kier alpha value is -1.34. The first-order valence-corrected chi connectivity index (χ1v) is 7.31. The van der Waals surface area contributed by atoms with Gasteiger partial charge in [-0.3, -0.25) is 9.69 Å². The lowest BCUT2D eigenvalue weighted by molar-refractivity contribution is -0.139. The van der Waals surface area contributed by atoms with Crippen molar-refractivity contribution in [2.45, 2.75) is 31.2 Å². The Morgan fingerprint density at radius 1 is 1.25 bits per heavy atom. The van der Waals surface area contributed by atoms with Gasteiger partial charge in [-0.15, -0.1) is 0 Å². The van der Waals surface area contributed by atoms with Crippen molar-refractivity contribution in [3.63, 3.8) is 0 Å². The zero-order valence-corrected chi connectivity index (χ0v) is 11.8. The third-order valence-corrected chi connectivity index (χ3v) is 4.10. The summed E-state index contributed by atoms with van der Waals surface area (Å²) < 4.78 is 0. The van der Waals surface area contributed by atoms with Gasteiger partial charge in [0, 0.05) is 39.3 Å². The second kappa shape index (κ2) is 6.90. The number of carboxylic acid groups (broad SMARTS) is 1. The van der Waals surface area contributed by atoms with Crippen molar-refractivity contribution < 1.29 is 14.7 Å². The lowest BCUT2D eigenvalue weighted by atomic mass is 9.74. The molecular formula is C13H24N4O3. The van der Waals surface area contributed by atoms with Gasteiger partial charge in [-0.25, -0.2) is 4.79 Å². The molecule has 1 heterocycles. The van der Waals surface area contributed by atoms with E-state index in [9.17, 15) is 9.59 Å². The van der Waals surface area contributed by atoms with Crippen LogP contribution in [0.25, 0.3) is 0 Å². The van der Waals surface area contributed by atoms with E-state index in [4.69, 9.17) is 5.11 Å². The molecule has 4 N–H and O–H groups in total. The van der Waals surface area contributed by atoms with Crippen LogP contribution in [0.15, 0.2) is 0 Å². The van der Waals surface area contributed by atoms with Crippen LogP contribution < -0.4 is 16.0 Å². The van der Waals surface area contributed by atoms with Crippen LogP contribution in [0.1, 0.15) is 25.7 Å². The molecule has 0 aromatic carbocycles. The molecule has 0 aromatic heterocycles. The molecule has 2 aliphatic rings. The molecule has 0 spiro atoms. The Labute approximate surface area is 119 Å². The molecule has 0 radical (unpaired) electrons. The second-order valence-electron chi connectivity index (χ2n) is 5.68. The van der Waals surface area contributed by atoms with E-state index in [1.165, 1.54) is 0 Å². The minimum Gasteiger partial charge on any atom is -0.481 e. The summed E-state index contributed by atoms with van der Waals surface area (Å²) in [6.45, 7) is 5.43. The first-order chi connectivity index (χ1) is 9.60. The molecule has 1 aliphatic carbocycles. The number of carbonyl (C=O) groups excluding carboxylic acids is 1. The summed E-state index contributed by atoms with van der Waals surface area (Å²) in [4.78, 5) is 25.0. The van der Waals surface area contributed by atoms with Crippen molar-refractivity contribution in [2.24, 2.45) is 0 Å². The Kier molecular flexibility index (Phi) is 5.19. The lowest BCUT2D eigenvalue weighted by Gasteiger charge is -2.41. The average molecular weight is 284 g/mol. The van der Waals surface area contributed by atoms with E-state index >= 15 is 0 Å². The van der Waals surface area contributed by atoms with Crippen LogP contribution in [0, 0.1) is 0 Å². The van der Waals surface area contributed by atoms with Gasteiger partial charge in [-0.05, 0) is 19.3 Å². The van der Waals surface area contributed by atoms with Gasteiger partial charge >= 0.3 is 12.0 Å². The summed E-state index contributed by atoms with van der Waals surface area (Å²) in [6.07, 6.45) is 2.50. The molecule has 1 saturated carbocycles. The number of hydrogen-bond acceptors (Lipinski definition) is 4. The summed E-state index contributed by atoms with van der Waals surface area (Å²) in [5.41, 5.74) is -0.523. The van der Waals surface area contributed by atoms with Crippen LogP contribution in [0.3, 0.4) is 0 Å². The largest absolute Gasteiger partial charge is 0.481 e. The highest BCUT2D eigenvalue weighted by molar-refractivity contribution is 5.77. The molecule has 2 fully saturated rings. The smallest absolute Gasteiger partial charge is 0.315 e.